The smallest absolute Gasteiger partial charge is 0.247 e. The summed E-state index contributed by atoms with van der Waals surface area (Å²) in [4.78, 5) is 25.2. The number of anilines is 1. The van der Waals surface area contributed by atoms with E-state index < -0.39 is 0 Å². The summed E-state index contributed by atoms with van der Waals surface area (Å²) in [6, 6.07) is 7.90. The van der Waals surface area contributed by atoms with Crippen molar-refractivity contribution >= 4 is 17.5 Å². The van der Waals surface area contributed by atoms with Crippen LogP contribution in [0.5, 0.6) is 0 Å². The molecule has 2 amide bonds. The van der Waals surface area contributed by atoms with Crippen LogP contribution in [0.25, 0.3) is 0 Å². The minimum absolute atomic E-state index is 0.0740. The maximum atomic E-state index is 12.9. The second kappa shape index (κ2) is 7.70. The zero-order valence-electron chi connectivity index (χ0n) is 15.6. The number of piperidine rings is 1. The van der Waals surface area contributed by atoms with Crippen LogP contribution in [0, 0.1) is 11.8 Å². The molecule has 7 heteroatoms. The maximum absolute atomic E-state index is 12.9. The monoisotopic (exact) mass is 369 g/mol. The lowest BCUT2D eigenvalue weighted by Crippen LogP contribution is -2.55. The van der Waals surface area contributed by atoms with E-state index in [1.807, 2.05) is 29.3 Å². The Bertz CT molecular complexity index is 756. The largest absolute Gasteiger partial charge is 0.330 e. The van der Waals surface area contributed by atoms with E-state index >= 15 is 0 Å². The number of allylic oxidation sites excluding steroid dienone is 1. The summed E-state index contributed by atoms with van der Waals surface area (Å²) >= 11 is 0. The number of benzene rings is 1. The molecule has 0 radical (unpaired) electrons. The summed E-state index contributed by atoms with van der Waals surface area (Å²) in [5.41, 5.74) is 6.32. The fraction of sp³-hybridized carbons (Fsp3) is 0.500. The van der Waals surface area contributed by atoms with Gasteiger partial charge in [0.15, 0.2) is 0 Å². The molecule has 2 fully saturated rings. The molecule has 2 unspecified atom stereocenters. The molecule has 0 bridgehead atoms. The molecule has 4 rings (SSSR count). The van der Waals surface area contributed by atoms with Crippen LogP contribution in [0.4, 0.5) is 5.69 Å². The number of hydrazine groups is 1. The lowest BCUT2D eigenvalue weighted by Gasteiger charge is -2.38. The SMILES string of the molecule is CCc1cccc(NC(=O)C2CNN3C(C4CCNCC4)=CC(=O)NC23)c1. The van der Waals surface area contributed by atoms with Crippen molar-refractivity contribution in [3.05, 3.63) is 41.6 Å². The molecule has 3 aliphatic heterocycles. The summed E-state index contributed by atoms with van der Waals surface area (Å²) in [6.45, 7) is 4.51. The molecular formula is C20H27N5O2. The van der Waals surface area contributed by atoms with Gasteiger partial charge in [0.25, 0.3) is 0 Å². The molecule has 2 atom stereocenters. The quantitative estimate of drug-likeness (QED) is 0.635. The first-order valence-electron chi connectivity index (χ1n) is 9.81. The topological polar surface area (TPSA) is 85.5 Å². The average Bonchev–Trinajstić information content (AvgIpc) is 3.12. The Balaban J connectivity index is 1.48. The average molecular weight is 369 g/mol. The van der Waals surface area contributed by atoms with Gasteiger partial charge in [-0.05, 0) is 50.0 Å². The number of carbonyl (C=O) groups excluding carboxylic acids is 2. The van der Waals surface area contributed by atoms with Gasteiger partial charge >= 0.3 is 0 Å². The Morgan fingerprint density at radius 2 is 2.11 bits per heavy atom. The Morgan fingerprint density at radius 3 is 2.89 bits per heavy atom. The Labute approximate surface area is 159 Å². The lowest BCUT2D eigenvalue weighted by atomic mass is 9.92. The molecule has 27 heavy (non-hydrogen) atoms. The fourth-order valence-electron chi connectivity index (χ4n) is 4.17. The van der Waals surface area contributed by atoms with Crippen molar-refractivity contribution in [1.82, 2.24) is 21.1 Å². The minimum Gasteiger partial charge on any atom is -0.330 e. The molecule has 3 aliphatic rings. The van der Waals surface area contributed by atoms with Gasteiger partial charge in [0.05, 0.1) is 5.92 Å². The van der Waals surface area contributed by atoms with E-state index in [9.17, 15) is 9.59 Å². The normalized spacial score (nSPS) is 25.6. The van der Waals surface area contributed by atoms with Crippen LogP contribution < -0.4 is 21.4 Å². The number of fused-ring (bicyclic) bond motifs is 1. The number of aryl methyl sites for hydroxylation is 1. The third-order valence-corrected chi connectivity index (χ3v) is 5.69. The van der Waals surface area contributed by atoms with E-state index in [0.29, 0.717) is 12.5 Å². The third-order valence-electron chi connectivity index (χ3n) is 5.69. The minimum atomic E-state index is -0.346. The highest BCUT2D eigenvalue weighted by atomic mass is 16.2. The molecule has 1 aromatic carbocycles. The van der Waals surface area contributed by atoms with Crippen molar-refractivity contribution in [2.24, 2.45) is 11.8 Å². The molecule has 0 aromatic heterocycles. The number of hydrogen-bond donors (Lipinski definition) is 4. The van der Waals surface area contributed by atoms with E-state index in [4.69, 9.17) is 0 Å². The standard InChI is InChI=1S/C20H27N5O2/c1-2-13-4-3-5-15(10-13)23-20(27)16-12-22-25-17(11-18(26)24-19(16)25)14-6-8-21-9-7-14/h3-5,10-11,14,16,19,21-22H,2,6-9,12H2,1H3,(H,23,27)(H,24,26). The summed E-state index contributed by atoms with van der Waals surface area (Å²) in [5, 5.41) is 11.3. The predicted octanol–water partition coefficient (Wildman–Crippen LogP) is 0.963. The summed E-state index contributed by atoms with van der Waals surface area (Å²) in [7, 11) is 0. The van der Waals surface area contributed by atoms with Gasteiger partial charge < -0.3 is 16.0 Å². The van der Waals surface area contributed by atoms with Gasteiger partial charge in [-0.1, -0.05) is 19.1 Å². The first-order valence-corrected chi connectivity index (χ1v) is 9.81. The van der Waals surface area contributed by atoms with E-state index in [1.165, 1.54) is 5.56 Å². The molecule has 2 saturated heterocycles. The van der Waals surface area contributed by atoms with Crippen LogP contribution in [0.1, 0.15) is 25.3 Å². The predicted molar refractivity (Wildman–Crippen MR) is 103 cm³/mol. The van der Waals surface area contributed by atoms with Crippen molar-refractivity contribution < 1.29 is 9.59 Å². The molecular weight excluding hydrogens is 342 g/mol. The molecule has 3 heterocycles. The molecule has 0 saturated carbocycles. The van der Waals surface area contributed by atoms with Gasteiger partial charge in [0.2, 0.25) is 11.8 Å². The summed E-state index contributed by atoms with van der Waals surface area (Å²) < 4.78 is 0. The van der Waals surface area contributed by atoms with Gasteiger partial charge in [-0.3, -0.25) is 14.6 Å². The van der Waals surface area contributed by atoms with Crippen LogP contribution in [-0.2, 0) is 16.0 Å². The maximum Gasteiger partial charge on any atom is 0.247 e. The Hall–Kier alpha value is -2.38. The second-order valence-corrected chi connectivity index (χ2v) is 7.43. The number of rotatable bonds is 4. The fourth-order valence-corrected chi connectivity index (χ4v) is 4.17. The van der Waals surface area contributed by atoms with Crippen molar-refractivity contribution in [2.45, 2.75) is 32.4 Å². The van der Waals surface area contributed by atoms with Gasteiger partial charge in [-0.15, -0.1) is 0 Å². The number of carbonyl (C=O) groups is 2. The van der Waals surface area contributed by atoms with E-state index in [1.54, 1.807) is 6.08 Å². The van der Waals surface area contributed by atoms with Gasteiger partial charge in [0, 0.05) is 29.9 Å². The number of amides is 2. The number of nitrogens with zero attached hydrogens (tertiary/aromatic N) is 1. The van der Waals surface area contributed by atoms with Gasteiger partial charge in [0.1, 0.15) is 6.17 Å². The molecule has 7 nitrogen and oxygen atoms in total. The zero-order valence-corrected chi connectivity index (χ0v) is 15.6. The van der Waals surface area contributed by atoms with Crippen molar-refractivity contribution in [3.8, 4) is 0 Å². The summed E-state index contributed by atoms with van der Waals surface area (Å²) in [6.07, 6.45) is 4.27. The van der Waals surface area contributed by atoms with Crippen molar-refractivity contribution in [1.29, 1.82) is 0 Å². The highest BCUT2D eigenvalue weighted by molar-refractivity contribution is 5.95. The number of hydrogen-bond acceptors (Lipinski definition) is 5. The second-order valence-electron chi connectivity index (χ2n) is 7.43. The molecule has 1 aromatic rings. The highest BCUT2D eigenvalue weighted by Gasteiger charge is 2.44. The summed E-state index contributed by atoms with van der Waals surface area (Å²) in [5.74, 6) is -0.186. The molecule has 144 valence electrons. The third kappa shape index (κ3) is 3.70. The Kier molecular flexibility index (Phi) is 5.13. The van der Waals surface area contributed by atoms with E-state index in [2.05, 4.69) is 28.3 Å². The molecule has 0 aliphatic carbocycles. The van der Waals surface area contributed by atoms with Crippen molar-refractivity contribution in [3.63, 3.8) is 0 Å². The van der Waals surface area contributed by atoms with Crippen LogP contribution >= 0.6 is 0 Å². The number of nitrogens with one attached hydrogen (secondary N) is 4. The highest BCUT2D eigenvalue weighted by Crippen LogP contribution is 2.31. The van der Waals surface area contributed by atoms with Gasteiger partial charge in [-0.2, -0.15) is 0 Å². The Morgan fingerprint density at radius 1 is 1.30 bits per heavy atom. The van der Waals surface area contributed by atoms with Gasteiger partial charge in [-0.25, -0.2) is 5.43 Å². The molecule has 0 spiro atoms. The van der Waals surface area contributed by atoms with E-state index in [0.717, 1.165) is 43.7 Å². The van der Waals surface area contributed by atoms with E-state index in [-0.39, 0.29) is 23.9 Å². The van der Waals surface area contributed by atoms with Crippen LogP contribution in [-0.4, -0.2) is 42.6 Å². The first-order chi connectivity index (χ1) is 13.2. The van der Waals surface area contributed by atoms with Crippen molar-refractivity contribution in [2.75, 3.05) is 25.0 Å². The zero-order chi connectivity index (χ0) is 18.8. The lowest BCUT2D eigenvalue weighted by molar-refractivity contribution is -0.123. The first kappa shape index (κ1) is 18.0. The molecule has 4 N–H and O–H groups in total. The van der Waals surface area contributed by atoms with Crippen LogP contribution in [0.15, 0.2) is 36.0 Å². The van der Waals surface area contributed by atoms with Crippen LogP contribution in [0.3, 0.4) is 0 Å². The van der Waals surface area contributed by atoms with Crippen LogP contribution in [0.2, 0.25) is 0 Å².